The van der Waals surface area contributed by atoms with Gasteiger partial charge in [-0.25, -0.2) is 0 Å². The first-order valence-corrected chi connectivity index (χ1v) is 5.17. The Morgan fingerprint density at radius 2 is 2.20 bits per heavy atom. The molecule has 1 aromatic rings. The first kappa shape index (κ1) is 11.5. The molecular weight excluding hydrogens is 192 g/mol. The van der Waals surface area contributed by atoms with Crippen molar-refractivity contribution in [1.82, 2.24) is 9.88 Å². The van der Waals surface area contributed by atoms with Crippen molar-refractivity contribution in [3.63, 3.8) is 0 Å². The van der Waals surface area contributed by atoms with E-state index in [1.54, 1.807) is 11.0 Å². The van der Waals surface area contributed by atoms with Gasteiger partial charge in [0.25, 0.3) is 5.91 Å². The van der Waals surface area contributed by atoms with Crippen LogP contribution in [-0.4, -0.2) is 28.9 Å². The van der Waals surface area contributed by atoms with Crippen LogP contribution in [0.3, 0.4) is 0 Å². The molecule has 15 heavy (non-hydrogen) atoms. The number of nitrogens with zero attached hydrogens (tertiary/aromatic N) is 1. The molecule has 1 amide bonds. The van der Waals surface area contributed by atoms with Gasteiger partial charge in [0.2, 0.25) is 5.56 Å². The number of carbonyl (C=O) groups excluding carboxylic acids is 1. The lowest BCUT2D eigenvalue weighted by molar-refractivity contribution is 0.0764. The molecule has 0 aromatic carbocycles. The molecule has 4 heteroatoms. The summed E-state index contributed by atoms with van der Waals surface area (Å²) in [6.07, 6.45) is 2.41. The average molecular weight is 208 g/mol. The number of aromatic amines is 1. The summed E-state index contributed by atoms with van der Waals surface area (Å²) < 4.78 is 0. The van der Waals surface area contributed by atoms with Crippen LogP contribution in [-0.2, 0) is 0 Å². The number of aromatic nitrogens is 1. The summed E-state index contributed by atoms with van der Waals surface area (Å²) in [5, 5.41) is 0. The minimum absolute atomic E-state index is 0.0783. The average Bonchev–Trinajstić information content (AvgIpc) is 2.25. The molecule has 0 saturated heterocycles. The number of H-pyrrole nitrogens is 1. The molecule has 4 nitrogen and oxygen atoms in total. The Labute approximate surface area is 88.9 Å². The molecule has 1 aromatic heterocycles. The monoisotopic (exact) mass is 208 g/mol. The third-order valence-corrected chi connectivity index (χ3v) is 2.18. The normalized spacial score (nSPS) is 10.0. The molecule has 0 atom stereocenters. The SMILES string of the molecule is CCCN(CC)C(=O)c1cc[nH]c(=O)c1. The Morgan fingerprint density at radius 3 is 2.73 bits per heavy atom. The lowest BCUT2D eigenvalue weighted by Crippen LogP contribution is -2.32. The molecule has 0 aliphatic carbocycles. The number of hydrogen-bond donors (Lipinski definition) is 1. The van der Waals surface area contributed by atoms with E-state index >= 15 is 0 Å². The van der Waals surface area contributed by atoms with Gasteiger partial charge in [0.05, 0.1) is 0 Å². The highest BCUT2D eigenvalue weighted by atomic mass is 16.2. The molecular formula is C11H16N2O2. The number of amides is 1. The zero-order valence-electron chi connectivity index (χ0n) is 9.12. The van der Waals surface area contributed by atoms with E-state index in [1.165, 1.54) is 12.3 Å². The van der Waals surface area contributed by atoms with Crippen molar-refractivity contribution in [2.24, 2.45) is 0 Å². The highest BCUT2D eigenvalue weighted by molar-refractivity contribution is 5.93. The van der Waals surface area contributed by atoms with Crippen molar-refractivity contribution in [1.29, 1.82) is 0 Å². The van der Waals surface area contributed by atoms with Crippen LogP contribution in [0, 0.1) is 0 Å². The Hall–Kier alpha value is -1.58. The van der Waals surface area contributed by atoms with Crippen LogP contribution in [0.2, 0.25) is 0 Å². The lowest BCUT2D eigenvalue weighted by atomic mass is 10.2. The van der Waals surface area contributed by atoms with Crippen LogP contribution in [0.4, 0.5) is 0 Å². The fourth-order valence-electron chi connectivity index (χ4n) is 1.43. The maximum absolute atomic E-state index is 11.9. The molecule has 0 spiro atoms. The minimum atomic E-state index is -0.242. The summed E-state index contributed by atoms with van der Waals surface area (Å²) in [5.74, 6) is -0.0783. The second-order valence-corrected chi connectivity index (χ2v) is 3.33. The summed E-state index contributed by atoms with van der Waals surface area (Å²) in [6.45, 7) is 5.34. The first-order valence-electron chi connectivity index (χ1n) is 5.17. The van der Waals surface area contributed by atoms with E-state index < -0.39 is 0 Å². The van der Waals surface area contributed by atoms with Gasteiger partial charge in [-0.2, -0.15) is 0 Å². The predicted octanol–water partition coefficient (Wildman–Crippen LogP) is 1.25. The molecule has 0 saturated carbocycles. The van der Waals surface area contributed by atoms with Crippen LogP contribution in [0.5, 0.6) is 0 Å². The third kappa shape index (κ3) is 2.94. The highest BCUT2D eigenvalue weighted by Gasteiger charge is 2.12. The van der Waals surface area contributed by atoms with E-state index in [0.29, 0.717) is 12.1 Å². The van der Waals surface area contributed by atoms with E-state index in [2.05, 4.69) is 4.98 Å². The van der Waals surface area contributed by atoms with Crippen LogP contribution < -0.4 is 5.56 Å². The Morgan fingerprint density at radius 1 is 1.47 bits per heavy atom. The second-order valence-electron chi connectivity index (χ2n) is 3.33. The van der Waals surface area contributed by atoms with Gasteiger partial charge in [0.1, 0.15) is 0 Å². The molecule has 0 fully saturated rings. The van der Waals surface area contributed by atoms with Crippen molar-refractivity contribution in [2.45, 2.75) is 20.3 Å². The van der Waals surface area contributed by atoms with E-state index in [4.69, 9.17) is 0 Å². The zero-order valence-corrected chi connectivity index (χ0v) is 9.12. The Balaban J connectivity index is 2.87. The maximum Gasteiger partial charge on any atom is 0.254 e. The molecule has 0 bridgehead atoms. The summed E-state index contributed by atoms with van der Waals surface area (Å²) >= 11 is 0. The lowest BCUT2D eigenvalue weighted by Gasteiger charge is -2.19. The number of nitrogens with one attached hydrogen (secondary N) is 1. The fourth-order valence-corrected chi connectivity index (χ4v) is 1.43. The van der Waals surface area contributed by atoms with Gasteiger partial charge in [-0.1, -0.05) is 6.92 Å². The highest BCUT2D eigenvalue weighted by Crippen LogP contribution is 2.02. The smallest absolute Gasteiger partial charge is 0.254 e. The fraction of sp³-hybridized carbons (Fsp3) is 0.455. The zero-order chi connectivity index (χ0) is 11.3. The quantitative estimate of drug-likeness (QED) is 0.809. The minimum Gasteiger partial charge on any atom is -0.339 e. The van der Waals surface area contributed by atoms with Gasteiger partial charge >= 0.3 is 0 Å². The van der Waals surface area contributed by atoms with Gasteiger partial charge in [-0.05, 0) is 19.4 Å². The third-order valence-electron chi connectivity index (χ3n) is 2.18. The largest absolute Gasteiger partial charge is 0.339 e. The summed E-state index contributed by atoms with van der Waals surface area (Å²) in [7, 11) is 0. The van der Waals surface area contributed by atoms with Crippen molar-refractivity contribution < 1.29 is 4.79 Å². The molecule has 0 radical (unpaired) electrons. The van der Waals surface area contributed by atoms with E-state index in [1.807, 2.05) is 13.8 Å². The van der Waals surface area contributed by atoms with Gasteiger partial charge < -0.3 is 9.88 Å². The van der Waals surface area contributed by atoms with Gasteiger partial charge in [-0.15, -0.1) is 0 Å². The van der Waals surface area contributed by atoms with E-state index in [-0.39, 0.29) is 11.5 Å². The maximum atomic E-state index is 11.9. The van der Waals surface area contributed by atoms with Crippen molar-refractivity contribution >= 4 is 5.91 Å². The van der Waals surface area contributed by atoms with Crippen molar-refractivity contribution in [3.8, 4) is 0 Å². The summed E-state index contributed by atoms with van der Waals surface area (Å²) in [4.78, 5) is 27.1. The molecule has 0 unspecified atom stereocenters. The van der Waals surface area contributed by atoms with Crippen LogP contribution in [0.15, 0.2) is 23.1 Å². The van der Waals surface area contributed by atoms with Crippen LogP contribution in [0.1, 0.15) is 30.6 Å². The van der Waals surface area contributed by atoms with Crippen molar-refractivity contribution in [2.75, 3.05) is 13.1 Å². The molecule has 1 N–H and O–H groups in total. The number of pyridine rings is 1. The van der Waals surface area contributed by atoms with Crippen LogP contribution >= 0.6 is 0 Å². The Kier molecular flexibility index (Phi) is 4.09. The van der Waals surface area contributed by atoms with Gasteiger partial charge in [0.15, 0.2) is 0 Å². The topological polar surface area (TPSA) is 53.2 Å². The van der Waals surface area contributed by atoms with E-state index in [0.717, 1.165) is 13.0 Å². The number of carbonyl (C=O) groups is 1. The van der Waals surface area contributed by atoms with Gasteiger partial charge in [0, 0.05) is 30.9 Å². The first-order chi connectivity index (χ1) is 7.19. The predicted molar refractivity (Wildman–Crippen MR) is 58.9 cm³/mol. The summed E-state index contributed by atoms with van der Waals surface area (Å²) in [5.41, 5.74) is 0.211. The summed E-state index contributed by atoms with van der Waals surface area (Å²) in [6, 6.07) is 2.96. The molecule has 0 aliphatic heterocycles. The number of rotatable bonds is 4. The molecule has 1 rings (SSSR count). The second kappa shape index (κ2) is 5.34. The van der Waals surface area contributed by atoms with Crippen LogP contribution in [0.25, 0.3) is 0 Å². The standard InChI is InChI=1S/C11H16N2O2/c1-3-7-13(4-2)11(15)9-5-6-12-10(14)8-9/h5-6,8H,3-4,7H2,1-2H3,(H,12,14). The Bertz CT molecular complexity index is 384. The number of hydrogen-bond acceptors (Lipinski definition) is 2. The van der Waals surface area contributed by atoms with Gasteiger partial charge in [-0.3, -0.25) is 9.59 Å². The molecule has 0 aliphatic rings. The molecule has 1 heterocycles. The van der Waals surface area contributed by atoms with E-state index in [9.17, 15) is 9.59 Å². The molecule has 82 valence electrons. The van der Waals surface area contributed by atoms with Crippen molar-refractivity contribution in [3.05, 3.63) is 34.2 Å².